The van der Waals surface area contributed by atoms with Gasteiger partial charge in [-0.05, 0) is 35.9 Å². The van der Waals surface area contributed by atoms with Crippen LogP contribution in [-0.2, 0) is 20.7 Å². The second kappa shape index (κ2) is 9.01. The van der Waals surface area contributed by atoms with Crippen molar-refractivity contribution in [3.63, 3.8) is 0 Å². The Morgan fingerprint density at radius 1 is 1.19 bits per heavy atom. The SMILES string of the molecule is COC(=O)c1cc(N2CCOCC2)ccc1NC(=O)Cc1cccc(Br)c1. The largest absolute Gasteiger partial charge is 0.465 e. The first kappa shape index (κ1) is 19.4. The molecule has 1 heterocycles. The van der Waals surface area contributed by atoms with Gasteiger partial charge in [0.05, 0.1) is 38.0 Å². The summed E-state index contributed by atoms with van der Waals surface area (Å²) in [5, 5.41) is 2.83. The predicted molar refractivity (Wildman–Crippen MR) is 107 cm³/mol. The first-order valence-corrected chi connectivity index (χ1v) is 9.45. The third-order valence-corrected chi connectivity index (χ3v) is 4.81. The lowest BCUT2D eigenvalue weighted by Crippen LogP contribution is -2.36. The van der Waals surface area contributed by atoms with Gasteiger partial charge in [0, 0.05) is 23.2 Å². The van der Waals surface area contributed by atoms with Crippen LogP contribution < -0.4 is 10.2 Å². The number of methoxy groups -OCH3 is 1. The number of amides is 1. The molecule has 3 rings (SSSR count). The molecule has 2 aromatic carbocycles. The van der Waals surface area contributed by atoms with Crippen LogP contribution in [0.25, 0.3) is 0 Å². The minimum atomic E-state index is -0.483. The number of carbonyl (C=O) groups is 2. The summed E-state index contributed by atoms with van der Waals surface area (Å²) in [5.41, 5.74) is 2.57. The highest BCUT2D eigenvalue weighted by atomic mass is 79.9. The van der Waals surface area contributed by atoms with Crippen LogP contribution in [-0.4, -0.2) is 45.3 Å². The van der Waals surface area contributed by atoms with E-state index in [4.69, 9.17) is 9.47 Å². The van der Waals surface area contributed by atoms with E-state index in [1.54, 1.807) is 12.1 Å². The molecular weight excluding hydrogens is 412 g/mol. The van der Waals surface area contributed by atoms with E-state index < -0.39 is 5.97 Å². The fraction of sp³-hybridized carbons (Fsp3) is 0.300. The number of anilines is 2. The van der Waals surface area contributed by atoms with E-state index in [1.165, 1.54) is 7.11 Å². The van der Waals surface area contributed by atoms with Gasteiger partial charge in [-0.2, -0.15) is 0 Å². The molecule has 1 amide bonds. The van der Waals surface area contributed by atoms with Crippen molar-refractivity contribution in [2.24, 2.45) is 0 Å². The number of hydrogen-bond donors (Lipinski definition) is 1. The molecule has 6 nitrogen and oxygen atoms in total. The Bertz CT molecular complexity index is 834. The summed E-state index contributed by atoms with van der Waals surface area (Å²) < 4.78 is 11.2. The summed E-state index contributed by atoms with van der Waals surface area (Å²) in [6.07, 6.45) is 0.214. The van der Waals surface area contributed by atoms with Gasteiger partial charge in [-0.25, -0.2) is 4.79 Å². The van der Waals surface area contributed by atoms with E-state index in [9.17, 15) is 9.59 Å². The molecule has 0 radical (unpaired) electrons. The number of nitrogens with zero attached hydrogens (tertiary/aromatic N) is 1. The molecular formula is C20H21BrN2O4. The highest BCUT2D eigenvalue weighted by Crippen LogP contribution is 2.25. The summed E-state index contributed by atoms with van der Waals surface area (Å²) >= 11 is 3.40. The molecule has 7 heteroatoms. The summed E-state index contributed by atoms with van der Waals surface area (Å²) in [6, 6.07) is 13.0. The minimum Gasteiger partial charge on any atom is -0.465 e. The Balaban J connectivity index is 1.78. The van der Waals surface area contributed by atoms with Crippen LogP contribution in [0.5, 0.6) is 0 Å². The Kier molecular flexibility index (Phi) is 6.47. The van der Waals surface area contributed by atoms with Gasteiger partial charge in [-0.15, -0.1) is 0 Å². The van der Waals surface area contributed by atoms with Crippen LogP contribution in [0.2, 0.25) is 0 Å². The molecule has 1 saturated heterocycles. The molecule has 142 valence electrons. The van der Waals surface area contributed by atoms with E-state index in [-0.39, 0.29) is 12.3 Å². The van der Waals surface area contributed by atoms with Crippen LogP contribution in [0.3, 0.4) is 0 Å². The smallest absolute Gasteiger partial charge is 0.340 e. The molecule has 1 aliphatic heterocycles. The third-order valence-electron chi connectivity index (χ3n) is 4.31. The maximum Gasteiger partial charge on any atom is 0.340 e. The lowest BCUT2D eigenvalue weighted by molar-refractivity contribution is -0.115. The molecule has 0 unspecified atom stereocenters. The quantitative estimate of drug-likeness (QED) is 0.734. The molecule has 0 aromatic heterocycles. The van der Waals surface area contributed by atoms with Gasteiger partial charge in [-0.1, -0.05) is 28.1 Å². The number of ether oxygens (including phenoxy) is 2. The average Bonchev–Trinajstić information content (AvgIpc) is 2.68. The van der Waals surface area contributed by atoms with Gasteiger partial charge in [0.2, 0.25) is 5.91 Å². The number of morpholine rings is 1. The number of esters is 1. The summed E-state index contributed by atoms with van der Waals surface area (Å²) in [5.74, 6) is -0.680. The Morgan fingerprint density at radius 3 is 2.67 bits per heavy atom. The van der Waals surface area contributed by atoms with E-state index in [1.807, 2.05) is 30.3 Å². The first-order chi connectivity index (χ1) is 13.1. The topological polar surface area (TPSA) is 67.9 Å². The number of rotatable bonds is 5. The minimum absolute atomic E-state index is 0.197. The lowest BCUT2D eigenvalue weighted by atomic mass is 10.1. The number of halogens is 1. The molecule has 1 aliphatic rings. The van der Waals surface area contributed by atoms with Gasteiger partial charge in [-0.3, -0.25) is 4.79 Å². The summed E-state index contributed by atoms with van der Waals surface area (Å²) in [7, 11) is 1.33. The van der Waals surface area contributed by atoms with Crippen LogP contribution in [0, 0.1) is 0 Å². The first-order valence-electron chi connectivity index (χ1n) is 8.66. The van der Waals surface area contributed by atoms with E-state index in [2.05, 4.69) is 26.1 Å². The monoisotopic (exact) mass is 432 g/mol. The molecule has 2 aromatic rings. The fourth-order valence-corrected chi connectivity index (χ4v) is 3.41. The second-order valence-corrected chi connectivity index (χ2v) is 7.09. The normalized spacial score (nSPS) is 13.9. The molecule has 27 heavy (non-hydrogen) atoms. The maximum atomic E-state index is 12.4. The molecule has 0 atom stereocenters. The number of carbonyl (C=O) groups excluding carboxylic acids is 2. The molecule has 1 N–H and O–H groups in total. The Morgan fingerprint density at radius 2 is 1.96 bits per heavy atom. The van der Waals surface area contributed by atoms with Crippen LogP contribution >= 0.6 is 15.9 Å². The van der Waals surface area contributed by atoms with Gasteiger partial charge < -0.3 is 19.7 Å². The van der Waals surface area contributed by atoms with Gasteiger partial charge in [0.15, 0.2) is 0 Å². The van der Waals surface area contributed by atoms with E-state index in [0.717, 1.165) is 28.8 Å². The van der Waals surface area contributed by atoms with Crippen molar-refractivity contribution in [2.75, 3.05) is 43.6 Å². The Hall–Kier alpha value is -2.38. The second-order valence-electron chi connectivity index (χ2n) is 6.18. The standard InChI is InChI=1S/C20H21BrN2O4/c1-26-20(25)17-13-16(23-7-9-27-10-8-23)5-6-18(17)22-19(24)12-14-3-2-4-15(21)11-14/h2-6,11,13H,7-10,12H2,1H3,(H,22,24). The highest BCUT2D eigenvalue weighted by Gasteiger charge is 2.18. The summed E-state index contributed by atoms with van der Waals surface area (Å²) in [6.45, 7) is 2.82. The zero-order valence-corrected chi connectivity index (χ0v) is 16.6. The van der Waals surface area contributed by atoms with Crippen molar-refractivity contribution in [1.82, 2.24) is 0 Å². The number of hydrogen-bond acceptors (Lipinski definition) is 5. The maximum absolute atomic E-state index is 12.4. The van der Waals surface area contributed by atoms with Crippen LogP contribution in [0.1, 0.15) is 15.9 Å². The Labute approximate surface area is 166 Å². The van der Waals surface area contributed by atoms with Crippen molar-refractivity contribution in [1.29, 1.82) is 0 Å². The number of benzene rings is 2. The van der Waals surface area contributed by atoms with Crippen molar-refractivity contribution >= 4 is 39.2 Å². The molecule has 1 fully saturated rings. The van der Waals surface area contributed by atoms with Crippen molar-refractivity contribution in [3.8, 4) is 0 Å². The van der Waals surface area contributed by atoms with Crippen LogP contribution in [0.15, 0.2) is 46.9 Å². The average molecular weight is 433 g/mol. The van der Waals surface area contributed by atoms with Crippen molar-refractivity contribution in [3.05, 3.63) is 58.1 Å². The number of nitrogens with one attached hydrogen (secondary N) is 1. The molecule has 0 spiro atoms. The molecule has 0 aliphatic carbocycles. The van der Waals surface area contributed by atoms with Crippen molar-refractivity contribution < 1.29 is 19.1 Å². The van der Waals surface area contributed by atoms with Gasteiger partial charge >= 0.3 is 5.97 Å². The third kappa shape index (κ3) is 5.08. The van der Waals surface area contributed by atoms with Crippen molar-refractivity contribution in [2.45, 2.75) is 6.42 Å². The fourth-order valence-electron chi connectivity index (χ4n) is 2.97. The highest BCUT2D eigenvalue weighted by molar-refractivity contribution is 9.10. The molecule has 0 bridgehead atoms. The summed E-state index contributed by atoms with van der Waals surface area (Å²) in [4.78, 5) is 26.8. The van der Waals surface area contributed by atoms with Gasteiger partial charge in [0.1, 0.15) is 0 Å². The van der Waals surface area contributed by atoms with E-state index in [0.29, 0.717) is 24.5 Å². The lowest BCUT2D eigenvalue weighted by Gasteiger charge is -2.29. The van der Waals surface area contributed by atoms with Crippen LogP contribution in [0.4, 0.5) is 11.4 Å². The zero-order valence-electron chi connectivity index (χ0n) is 15.0. The zero-order chi connectivity index (χ0) is 19.2. The molecule has 0 saturated carbocycles. The van der Waals surface area contributed by atoms with E-state index >= 15 is 0 Å². The van der Waals surface area contributed by atoms with Gasteiger partial charge in [0.25, 0.3) is 0 Å². The predicted octanol–water partition coefficient (Wildman–Crippen LogP) is 3.25.